The molecule has 50 valence electrons. The molecule has 0 radical (unpaired) electrons. The lowest BCUT2D eigenvalue weighted by Gasteiger charge is -2.53. The zero-order valence-electron chi connectivity index (χ0n) is 5.68. The molecule has 2 fully saturated rings. The molecule has 0 aromatic rings. The van der Waals surface area contributed by atoms with Gasteiger partial charge in [-0.2, -0.15) is 0 Å². The minimum atomic E-state index is 0.461. The number of nitrogens with zero attached hydrogens (tertiary/aromatic N) is 1. The van der Waals surface area contributed by atoms with E-state index in [9.17, 15) is 4.79 Å². The number of hydrogen-bond acceptors (Lipinski definition) is 2. The van der Waals surface area contributed by atoms with Crippen molar-refractivity contribution in [1.29, 1.82) is 0 Å². The summed E-state index contributed by atoms with van der Waals surface area (Å²) in [4.78, 5) is 12.9. The van der Waals surface area contributed by atoms with Gasteiger partial charge in [0.1, 0.15) is 5.78 Å². The van der Waals surface area contributed by atoms with Gasteiger partial charge in [-0.05, 0) is 7.05 Å². The van der Waals surface area contributed by atoms with Gasteiger partial charge in [0.05, 0.1) is 0 Å². The first-order chi connectivity index (χ1) is 4.20. The van der Waals surface area contributed by atoms with Gasteiger partial charge in [0.15, 0.2) is 0 Å². The smallest absolute Gasteiger partial charge is 0.134 e. The van der Waals surface area contributed by atoms with E-state index in [1.165, 1.54) is 0 Å². The lowest BCUT2D eigenvalue weighted by molar-refractivity contribution is -0.143. The Hall–Kier alpha value is -0.370. The van der Waals surface area contributed by atoms with Gasteiger partial charge in [0, 0.05) is 31.3 Å². The van der Waals surface area contributed by atoms with Crippen LogP contribution in [-0.2, 0) is 4.79 Å². The first kappa shape index (κ1) is 5.42. The topological polar surface area (TPSA) is 20.3 Å². The highest BCUT2D eigenvalue weighted by molar-refractivity contribution is 5.86. The molecule has 1 heterocycles. The maximum absolute atomic E-state index is 10.6. The van der Waals surface area contributed by atoms with Crippen molar-refractivity contribution in [1.82, 2.24) is 4.90 Å². The fourth-order valence-electron chi connectivity index (χ4n) is 2.11. The van der Waals surface area contributed by atoms with Crippen LogP contribution in [-0.4, -0.2) is 30.8 Å². The maximum Gasteiger partial charge on any atom is 0.134 e. The van der Waals surface area contributed by atoms with E-state index >= 15 is 0 Å². The summed E-state index contributed by atoms with van der Waals surface area (Å²) in [6.45, 7) is 2.30. The van der Waals surface area contributed by atoms with E-state index in [1.54, 1.807) is 0 Å². The summed E-state index contributed by atoms with van der Waals surface area (Å²) in [5.41, 5.74) is 0.464. The molecule has 0 aromatic carbocycles. The third-order valence-electron chi connectivity index (χ3n) is 2.35. The molecule has 2 heteroatoms. The van der Waals surface area contributed by atoms with Gasteiger partial charge in [-0.3, -0.25) is 4.79 Å². The van der Waals surface area contributed by atoms with Crippen molar-refractivity contribution < 1.29 is 4.79 Å². The van der Waals surface area contributed by atoms with Crippen molar-refractivity contribution >= 4 is 5.78 Å². The highest BCUT2D eigenvalue weighted by Crippen LogP contribution is 2.44. The number of carbonyl (C=O) groups is 1. The van der Waals surface area contributed by atoms with Crippen LogP contribution in [0, 0.1) is 5.41 Å². The largest absolute Gasteiger partial charge is 0.305 e. The fraction of sp³-hybridized carbons (Fsp3) is 0.857. The van der Waals surface area contributed by atoms with Crippen LogP contribution < -0.4 is 0 Å². The van der Waals surface area contributed by atoms with Gasteiger partial charge < -0.3 is 4.90 Å². The van der Waals surface area contributed by atoms with Crippen molar-refractivity contribution in [2.75, 3.05) is 20.1 Å². The molecule has 2 aliphatic rings. The maximum atomic E-state index is 10.6. The summed E-state index contributed by atoms with van der Waals surface area (Å²) in [5, 5.41) is 0. The van der Waals surface area contributed by atoms with E-state index in [0.717, 1.165) is 25.9 Å². The monoisotopic (exact) mass is 125 g/mol. The molecule has 2 rings (SSSR count). The van der Waals surface area contributed by atoms with E-state index in [2.05, 4.69) is 11.9 Å². The van der Waals surface area contributed by atoms with Crippen LogP contribution in [0.4, 0.5) is 0 Å². The van der Waals surface area contributed by atoms with Gasteiger partial charge in [0.25, 0.3) is 0 Å². The Balaban J connectivity index is 1.94. The Labute approximate surface area is 54.8 Å². The van der Waals surface area contributed by atoms with Gasteiger partial charge in [-0.25, -0.2) is 0 Å². The molecule has 9 heavy (non-hydrogen) atoms. The third-order valence-corrected chi connectivity index (χ3v) is 2.35. The van der Waals surface area contributed by atoms with Crippen molar-refractivity contribution in [3.05, 3.63) is 0 Å². The number of carbonyl (C=O) groups excluding carboxylic acids is 1. The molecule has 0 amide bonds. The van der Waals surface area contributed by atoms with Crippen LogP contribution in [0.1, 0.15) is 12.8 Å². The normalized spacial score (nSPS) is 31.9. The molecule has 0 unspecified atom stereocenters. The zero-order valence-corrected chi connectivity index (χ0v) is 5.68. The zero-order chi connectivity index (χ0) is 6.48. The van der Waals surface area contributed by atoms with Crippen LogP contribution in [0.2, 0.25) is 0 Å². The molecule has 1 aliphatic heterocycles. The number of Topliss-reactive ketones (excluding diaryl/α,β-unsaturated/α-hetero) is 1. The molecule has 0 bridgehead atoms. The molecule has 2 nitrogen and oxygen atoms in total. The Morgan fingerprint density at radius 3 is 2.33 bits per heavy atom. The summed E-state index contributed by atoms with van der Waals surface area (Å²) in [5.74, 6) is 0.461. The summed E-state index contributed by atoms with van der Waals surface area (Å²) in [6, 6.07) is 0. The number of rotatable bonds is 0. The Kier molecular flexibility index (Phi) is 0.826. The Morgan fingerprint density at radius 1 is 1.44 bits per heavy atom. The highest BCUT2D eigenvalue weighted by atomic mass is 16.1. The van der Waals surface area contributed by atoms with Gasteiger partial charge in [-0.1, -0.05) is 0 Å². The summed E-state index contributed by atoms with van der Waals surface area (Å²) in [7, 11) is 2.11. The summed E-state index contributed by atoms with van der Waals surface area (Å²) in [6.07, 6.45) is 1.72. The lowest BCUT2D eigenvalue weighted by Crippen LogP contribution is -2.60. The van der Waals surface area contributed by atoms with Gasteiger partial charge in [0.2, 0.25) is 0 Å². The number of ketones is 1. The highest BCUT2D eigenvalue weighted by Gasteiger charge is 2.50. The van der Waals surface area contributed by atoms with E-state index in [4.69, 9.17) is 0 Å². The van der Waals surface area contributed by atoms with Crippen molar-refractivity contribution in [2.24, 2.45) is 5.41 Å². The van der Waals surface area contributed by atoms with Crippen molar-refractivity contribution in [2.45, 2.75) is 12.8 Å². The molecule has 1 spiro atoms. The van der Waals surface area contributed by atoms with Gasteiger partial charge >= 0.3 is 0 Å². The van der Waals surface area contributed by atoms with Crippen LogP contribution >= 0.6 is 0 Å². The molecule has 0 N–H and O–H groups in total. The van der Waals surface area contributed by atoms with E-state index in [-0.39, 0.29) is 0 Å². The van der Waals surface area contributed by atoms with Crippen LogP contribution in [0.15, 0.2) is 0 Å². The minimum absolute atomic E-state index is 0.461. The Bertz CT molecular complexity index is 148. The number of likely N-dealkylation sites (tertiary alicyclic amines) is 1. The molecule has 0 atom stereocenters. The quantitative estimate of drug-likeness (QED) is 0.463. The molecule has 1 saturated carbocycles. The van der Waals surface area contributed by atoms with Crippen LogP contribution in [0.3, 0.4) is 0 Å². The van der Waals surface area contributed by atoms with E-state index in [1.807, 2.05) is 0 Å². The van der Waals surface area contributed by atoms with Crippen molar-refractivity contribution in [3.8, 4) is 0 Å². The molecule has 1 saturated heterocycles. The first-order valence-electron chi connectivity index (χ1n) is 3.41. The molecule has 0 aromatic heterocycles. The second-order valence-corrected chi connectivity index (χ2v) is 3.56. The predicted molar refractivity (Wildman–Crippen MR) is 34.2 cm³/mol. The summed E-state index contributed by atoms with van der Waals surface area (Å²) < 4.78 is 0. The molecular weight excluding hydrogens is 114 g/mol. The molecular formula is C7H11NO. The van der Waals surface area contributed by atoms with Crippen molar-refractivity contribution in [3.63, 3.8) is 0 Å². The second-order valence-electron chi connectivity index (χ2n) is 3.56. The molecule has 1 aliphatic carbocycles. The first-order valence-corrected chi connectivity index (χ1v) is 3.41. The SMILES string of the molecule is CN1CC2(CC(=O)C2)C1. The average Bonchev–Trinajstić information content (AvgIpc) is 1.58. The number of hydrogen-bond donors (Lipinski definition) is 0. The standard InChI is InChI=1S/C7H11NO/c1-8-4-7(5-8)2-6(9)3-7/h2-5H2,1H3. The predicted octanol–water partition coefficient (Wildman–Crippen LogP) is 0.281. The third kappa shape index (κ3) is 0.628. The van der Waals surface area contributed by atoms with Gasteiger partial charge in [-0.15, -0.1) is 0 Å². The van der Waals surface area contributed by atoms with E-state index < -0.39 is 0 Å². The average molecular weight is 125 g/mol. The Morgan fingerprint density at radius 2 is 2.00 bits per heavy atom. The van der Waals surface area contributed by atoms with E-state index in [0.29, 0.717) is 11.2 Å². The summed E-state index contributed by atoms with van der Waals surface area (Å²) >= 11 is 0. The van der Waals surface area contributed by atoms with Crippen LogP contribution in [0.5, 0.6) is 0 Å². The fourth-order valence-corrected chi connectivity index (χ4v) is 2.11. The lowest BCUT2D eigenvalue weighted by atomic mass is 9.63. The minimum Gasteiger partial charge on any atom is -0.305 e. The van der Waals surface area contributed by atoms with Crippen LogP contribution in [0.25, 0.3) is 0 Å². The second kappa shape index (κ2) is 1.37.